The highest BCUT2D eigenvalue weighted by atomic mass is 16.6. The molecule has 0 amide bonds. The van der Waals surface area contributed by atoms with Crippen LogP contribution in [0.2, 0.25) is 0 Å². The lowest BCUT2D eigenvalue weighted by Crippen LogP contribution is -2.01. The Hall–Kier alpha value is -2.48. The number of nitro groups is 1. The van der Waals surface area contributed by atoms with Crippen molar-refractivity contribution in [1.82, 2.24) is 10.1 Å². The molecule has 0 aliphatic heterocycles. The van der Waals surface area contributed by atoms with E-state index in [1.54, 1.807) is 6.92 Å². The van der Waals surface area contributed by atoms with E-state index in [1.807, 2.05) is 0 Å². The maximum absolute atomic E-state index is 10.9. The standard InChI is InChI=1S/C11H11N3O5/c1-7-12-11(13-19-7)6-18-10-4-8(5-15)2-3-9(10)14(16)17/h2-4,15H,5-6H2,1H3. The monoisotopic (exact) mass is 265 g/mol. The lowest BCUT2D eigenvalue weighted by molar-refractivity contribution is -0.386. The zero-order chi connectivity index (χ0) is 13.8. The molecule has 0 unspecified atom stereocenters. The van der Waals surface area contributed by atoms with Crippen LogP contribution < -0.4 is 4.74 Å². The number of aliphatic hydroxyl groups excluding tert-OH is 1. The number of ether oxygens (including phenoxy) is 1. The Kier molecular flexibility index (Phi) is 3.71. The molecule has 1 heterocycles. The quantitative estimate of drug-likeness (QED) is 0.641. The van der Waals surface area contributed by atoms with Gasteiger partial charge in [-0.25, -0.2) is 0 Å². The van der Waals surface area contributed by atoms with E-state index >= 15 is 0 Å². The average Bonchev–Trinajstić information content (AvgIpc) is 2.81. The summed E-state index contributed by atoms with van der Waals surface area (Å²) >= 11 is 0. The Balaban J connectivity index is 2.19. The van der Waals surface area contributed by atoms with Gasteiger partial charge in [-0.1, -0.05) is 5.16 Å². The van der Waals surface area contributed by atoms with Crippen LogP contribution >= 0.6 is 0 Å². The largest absolute Gasteiger partial charge is 0.478 e. The number of hydrogen-bond donors (Lipinski definition) is 1. The molecular weight excluding hydrogens is 254 g/mol. The smallest absolute Gasteiger partial charge is 0.310 e. The van der Waals surface area contributed by atoms with Gasteiger partial charge in [-0.3, -0.25) is 10.1 Å². The van der Waals surface area contributed by atoms with Crippen molar-refractivity contribution < 1.29 is 19.3 Å². The van der Waals surface area contributed by atoms with Crippen molar-refractivity contribution >= 4 is 5.69 Å². The topological polar surface area (TPSA) is 112 Å². The van der Waals surface area contributed by atoms with E-state index in [4.69, 9.17) is 14.4 Å². The number of aliphatic hydroxyl groups is 1. The number of aromatic nitrogens is 2. The average molecular weight is 265 g/mol. The van der Waals surface area contributed by atoms with Crippen LogP contribution in [0.1, 0.15) is 17.3 Å². The van der Waals surface area contributed by atoms with E-state index in [2.05, 4.69) is 10.1 Å². The number of hydrogen-bond acceptors (Lipinski definition) is 7. The molecule has 8 nitrogen and oxygen atoms in total. The fourth-order valence-electron chi connectivity index (χ4n) is 1.47. The summed E-state index contributed by atoms with van der Waals surface area (Å²) in [6.07, 6.45) is 0. The Bertz CT molecular complexity index is 596. The molecule has 0 aliphatic carbocycles. The minimum Gasteiger partial charge on any atom is -0.478 e. The first-order chi connectivity index (χ1) is 9.10. The summed E-state index contributed by atoms with van der Waals surface area (Å²) in [4.78, 5) is 14.2. The number of rotatable bonds is 5. The van der Waals surface area contributed by atoms with E-state index < -0.39 is 4.92 Å². The molecule has 1 aromatic carbocycles. The molecule has 0 spiro atoms. The fraction of sp³-hybridized carbons (Fsp3) is 0.273. The number of nitro benzene ring substituents is 1. The molecule has 0 aliphatic rings. The number of aryl methyl sites for hydroxylation is 1. The molecule has 0 fully saturated rings. The molecule has 0 radical (unpaired) electrons. The highest BCUT2D eigenvalue weighted by molar-refractivity contribution is 5.48. The maximum atomic E-state index is 10.9. The van der Waals surface area contributed by atoms with Gasteiger partial charge in [0.15, 0.2) is 12.4 Å². The summed E-state index contributed by atoms with van der Waals surface area (Å²) in [5.74, 6) is 0.734. The van der Waals surface area contributed by atoms with Crippen LogP contribution in [0.5, 0.6) is 5.75 Å². The molecular formula is C11H11N3O5. The van der Waals surface area contributed by atoms with Gasteiger partial charge in [0.25, 0.3) is 0 Å². The van der Waals surface area contributed by atoms with Crippen LogP contribution in [0, 0.1) is 17.0 Å². The summed E-state index contributed by atoms with van der Waals surface area (Å²) in [6.45, 7) is 1.36. The van der Waals surface area contributed by atoms with E-state index in [1.165, 1.54) is 18.2 Å². The fourth-order valence-corrected chi connectivity index (χ4v) is 1.47. The minimum absolute atomic E-state index is 0.0485. The lowest BCUT2D eigenvalue weighted by atomic mass is 10.2. The second-order valence-corrected chi connectivity index (χ2v) is 3.74. The van der Waals surface area contributed by atoms with Crippen LogP contribution in [0.4, 0.5) is 5.69 Å². The molecule has 19 heavy (non-hydrogen) atoms. The molecule has 0 bridgehead atoms. The molecule has 8 heteroatoms. The molecule has 2 aromatic rings. The molecule has 2 rings (SSSR count). The SMILES string of the molecule is Cc1nc(COc2cc(CO)ccc2[N+](=O)[O-])no1. The molecule has 100 valence electrons. The van der Waals surface area contributed by atoms with Crippen molar-refractivity contribution in [2.45, 2.75) is 20.1 Å². The Labute approximate surface area is 107 Å². The van der Waals surface area contributed by atoms with Gasteiger partial charge in [-0.2, -0.15) is 4.98 Å². The summed E-state index contributed by atoms with van der Waals surface area (Å²) in [5.41, 5.74) is 0.335. The Morgan fingerprint density at radius 2 is 2.32 bits per heavy atom. The molecule has 0 saturated heterocycles. The maximum Gasteiger partial charge on any atom is 0.310 e. The highest BCUT2D eigenvalue weighted by Gasteiger charge is 2.16. The van der Waals surface area contributed by atoms with Gasteiger partial charge in [0.2, 0.25) is 11.7 Å². The first-order valence-electron chi connectivity index (χ1n) is 5.40. The second-order valence-electron chi connectivity index (χ2n) is 3.74. The first-order valence-corrected chi connectivity index (χ1v) is 5.40. The molecule has 1 N–H and O–H groups in total. The third-order valence-electron chi connectivity index (χ3n) is 2.33. The van der Waals surface area contributed by atoms with Crippen LogP contribution in [0.15, 0.2) is 22.7 Å². The van der Waals surface area contributed by atoms with Crippen molar-refractivity contribution in [2.24, 2.45) is 0 Å². The predicted octanol–water partition coefficient (Wildman–Crippen LogP) is 1.36. The Morgan fingerprint density at radius 3 is 2.89 bits per heavy atom. The van der Waals surface area contributed by atoms with Crippen LogP contribution in [-0.2, 0) is 13.2 Å². The van der Waals surface area contributed by atoms with Crippen molar-refractivity contribution in [3.63, 3.8) is 0 Å². The van der Waals surface area contributed by atoms with Gasteiger partial charge in [0.05, 0.1) is 11.5 Å². The third-order valence-corrected chi connectivity index (χ3v) is 2.33. The number of benzene rings is 1. The second kappa shape index (κ2) is 5.44. The summed E-state index contributed by atoms with van der Waals surface area (Å²) < 4.78 is 10.1. The van der Waals surface area contributed by atoms with Crippen molar-refractivity contribution in [3.05, 3.63) is 45.6 Å². The van der Waals surface area contributed by atoms with Crippen molar-refractivity contribution in [3.8, 4) is 5.75 Å². The van der Waals surface area contributed by atoms with Gasteiger partial charge in [0.1, 0.15) is 0 Å². The van der Waals surface area contributed by atoms with E-state index in [0.29, 0.717) is 17.3 Å². The van der Waals surface area contributed by atoms with Gasteiger partial charge in [-0.15, -0.1) is 0 Å². The van der Waals surface area contributed by atoms with Gasteiger partial charge < -0.3 is 14.4 Å². The third kappa shape index (κ3) is 3.05. The Morgan fingerprint density at radius 1 is 1.53 bits per heavy atom. The van der Waals surface area contributed by atoms with Crippen LogP contribution in [0.3, 0.4) is 0 Å². The summed E-state index contributed by atoms with van der Waals surface area (Å²) in [6, 6.07) is 4.15. The summed E-state index contributed by atoms with van der Waals surface area (Å²) in [7, 11) is 0. The molecule has 0 saturated carbocycles. The van der Waals surface area contributed by atoms with E-state index in [0.717, 1.165) is 0 Å². The highest BCUT2D eigenvalue weighted by Crippen LogP contribution is 2.28. The number of nitrogens with zero attached hydrogens (tertiary/aromatic N) is 3. The van der Waals surface area contributed by atoms with E-state index in [-0.39, 0.29) is 24.7 Å². The van der Waals surface area contributed by atoms with Crippen LogP contribution in [0.25, 0.3) is 0 Å². The normalized spacial score (nSPS) is 10.4. The van der Waals surface area contributed by atoms with Gasteiger partial charge in [0, 0.05) is 13.0 Å². The molecule has 1 aromatic heterocycles. The zero-order valence-electron chi connectivity index (χ0n) is 10.1. The first kappa shape index (κ1) is 13.0. The van der Waals surface area contributed by atoms with E-state index in [9.17, 15) is 10.1 Å². The zero-order valence-corrected chi connectivity index (χ0v) is 10.1. The molecule has 0 atom stereocenters. The van der Waals surface area contributed by atoms with Crippen molar-refractivity contribution in [1.29, 1.82) is 0 Å². The minimum atomic E-state index is -0.558. The van der Waals surface area contributed by atoms with Crippen molar-refractivity contribution in [2.75, 3.05) is 0 Å². The van der Waals surface area contributed by atoms with Gasteiger partial charge in [-0.05, 0) is 17.7 Å². The van der Waals surface area contributed by atoms with Gasteiger partial charge >= 0.3 is 5.69 Å². The van der Waals surface area contributed by atoms with Crippen LogP contribution in [-0.4, -0.2) is 20.2 Å². The lowest BCUT2D eigenvalue weighted by Gasteiger charge is -2.05. The summed E-state index contributed by atoms with van der Waals surface area (Å²) in [5, 5.41) is 23.5. The predicted molar refractivity (Wildman–Crippen MR) is 62.4 cm³/mol.